The van der Waals surface area contributed by atoms with E-state index in [1.165, 1.54) is 0 Å². The second-order valence-corrected chi connectivity index (χ2v) is 4.61. The molecule has 1 rings (SSSR count). The van der Waals surface area contributed by atoms with Crippen LogP contribution in [0.4, 0.5) is 0 Å². The van der Waals surface area contributed by atoms with Crippen molar-refractivity contribution in [2.24, 2.45) is 0 Å². The topological polar surface area (TPSA) is 44.8 Å². The molecule has 1 fully saturated rings. The Labute approximate surface area is 79.2 Å². The molecule has 0 amide bonds. The van der Waals surface area contributed by atoms with Gasteiger partial charge in [-0.3, -0.25) is 13.6 Å². The predicted molar refractivity (Wildman–Crippen MR) is 49.6 cm³/mol. The summed E-state index contributed by atoms with van der Waals surface area (Å²) in [6, 6.07) is 0. The Hall–Kier alpha value is 0.110. The molecule has 1 heterocycles. The molecule has 13 heavy (non-hydrogen) atoms. The average Bonchev–Trinajstić information content (AvgIpc) is 2.18. The maximum atomic E-state index is 11.7. The lowest BCUT2D eigenvalue weighted by Gasteiger charge is -2.15. The van der Waals surface area contributed by atoms with Crippen LogP contribution in [0.1, 0.15) is 32.6 Å². The standard InChI is InChI=1S/C8H17O4P/c1-2-10-13(9)11-7-5-3-4-6-8-12-13/h2-8H2,1H3. The molecular formula is C8H17O4P. The molecule has 1 saturated heterocycles. The third kappa shape index (κ3) is 4.23. The summed E-state index contributed by atoms with van der Waals surface area (Å²) in [5.74, 6) is 0. The van der Waals surface area contributed by atoms with Crippen molar-refractivity contribution < 1.29 is 18.1 Å². The summed E-state index contributed by atoms with van der Waals surface area (Å²) in [5, 5.41) is 0. The summed E-state index contributed by atoms with van der Waals surface area (Å²) in [6.45, 7) is 3.07. The monoisotopic (exact) mass is 208 g/mol. The molecule has 0 radical (unpaired) electrons. The summed E-state index contributed by atoms with van der Waals surface area (Å²) in [6.07, 6.45) is 4.08. The van der Waals surface area contributed by atoms with Crippen LogP contribution in [-0.2, 0) is 18.1 Å². The Bertz CT molecular complexity index is 169. The van der Waals surface area contributed by atoms with Crippen molar-refractivity contribution in [3.63, 3.8) is 0 Å². The van der Waals surface area contributed by atoms with E-state index in [2.05, 4.69) is 0 Å². The van der Waals surface area contributed by atoms with Crippen molar-refractivity contribution in [1.82, 2.24) is 0 Å². The van der Waals surface area contributed by atoms with Crippen LogP contribution in [0.2, 0.25) is 0 Å². The van der Waals surface area contributed by atoms with Crippen molar-refractivity contribution in [2.75, 3.05) is 19.8 Å². The molecule has 0 aromatic carbocycles. The Kier molecular flexibility index (Phi) is 4.96. The van der Waals surface area contributed by atoms with Crippen molar-refractivity contribution in [3.8, 4) is 0 Å². The number of hydrogen-bond donors (Lipinski definition) is 0. The van der Waals surface area contributed by atoms with E-state index in [1.807, 2.05) is 0 Å². The second kappa shape index (κ2) is 5.76. The van der Waals surface area contributed by atoms with Gasteiger partial charge in [0, 0.05) is 0 Å². The zero-order valence-electron chi connectivity index (χ0n) is 8.03. The van der Waals surface area contributed by atoms with Gasteiger partial charge in [0.2, 0.25) is 0 Å². The molecule has 5 heteroatoms. The highest BCUT2D eigenvalue weighted by Crippen LogP contribution is 2.49. The first-order valence-electron chi connectivity index (χ1n) is 4.80. The molecule has 0 aromatic heterocycles. The van der Waals surface area contributed by atoms with Gasteiger partial charge in [0.1, 0.15) is 0 Å². The zero-order valence-corrected chi connectivity index (χ0v) is 8.92. The maximum absolute atomic E-state index is 11.7. The van der Waals surface area contributed by atoms with Crippen LogP contribution in [0.3, 0.4) is 0 Å². The summed E-state index contributed by atoms with van der Waals surface area (Å²) in [5.41, 5.74) is 0. The normalized spacial score (nSPS) is 24.4. The maximum Gasteiger partial charge on any atom is 0.474 e. The van der Waals surface area contributed by atoms with Gasteiger partial charge in [-0.1, -0.05) is 12.8 Å². The van der Waals surface area contributed by atoms with Gasteiger partial charge in [-0.25, -0.2) is 4.57 Å². The van der Waals surface area contributed by atoms with Gasteiger partial charge in [0.05, 0.1) is 19.8 Å². The smallest absolute Gasteiger partial charge is 0.287 e. The van der Waals surface area contributed by atoms with Crippen LogP contribution in [0.25, 0.3) is 0 Å². The van der Waals surface area contributed by atoms with E-state index < -0.39 is 7.82 Å². The van der Waals surface area contributed by atoms with E-state index in [1.54, 1.807) is 6.92 Å². The first kappa shape index (κ1) is 11.2. The van der Waals surface area contributed by atoms with E-state index in [-0.39, 0.29) is 0 Å². The minimum atomic E-state index is -3.21. The van der Waals surface area contributed by atoms with Crippen molar-refractivity contribution in [1.29, 1.82) is 0 Å². The summed E-state index contributed by atoms with van der Waals surface area (Å²) in [7, 11) is -3.21. The van der Waals surface area contributed by atoms with Gasteiger partial charge in [-0.05, 0) is 19.8 Å². The van der Waals surface area contributed by atoms with Gasteiger partial charge in [0.25, 0.3) is 0 Å². The van der Waals surface area contributed by atoms with Gasteiger partial charge >= 0.3 is 7.82 Å². The van der Waals surface area contributed by atoms with Gasteiger partial charge in [-0.2, -0.15) is 0 Å². The first-order valence-corrected chi connectivity index (χ1v) is 6.26. The molecule has 0 saturated carbocycles. The van der Waals surface area contributed by atoms with Crippen LogP contribution in [-0.4, -0.2) is 19.8 Å². The minimum Gasteiger partial charge on any atom is -0.287 e. The molecule has 0 spiro atoms. The molecule has 1 aliphatic rings. The SMILES string of the molecule is CCOP1(=O)OCCCCCCO1. The lowest BCUT2D eigenvalue weighted by molar-refractivity contribution is 0.120. The molecule has 0 bridgehead atoms. The molecule has 1 aliphatic heterocycles. The van der Waals surface area contributed by atoms with E-state index in [0.29, 0.717) is 19.8 Å². The highest BCUT2D eigenvalue weighted by atomic mass is 31.2. The number of phosphoric acid groups is 1. The Morgan fingerprint density at radius 3 is 2.15 bits per heavy atom. The zero-order chi connectivity index (χ0) is 9.57. The molecular weight excluding hydrogens is 191 g/mol. The van der Waals surface area contributed by atoms with Gasteiger partial charge in [-0.15, -0.1) is 0 Å². The lowest BCUT2D eigenvalue weighted by atomic mass is 10.2. The fourth-order valence-electron chi connectivity index (χ4n) is 1.18. The Balaban J connectivity index is 2.44. The predicted octanol–water partition coefficient (Wildman–Crippen LogP) is 2.74. The average molecular weight is 208 g/mol. The molecule has 0 atom stereocenters. The third-order valence-corrected chi connectivity index (χ3v) is 3.40. The van der Waals surface area contributed by atoms with E-state index >= 15 is 0 Å². The van der Waals surface area contributed by atoms with Crippen LogP contribution in [0, 0.1) is 0 Å². The molecule has 0 aromatic rings. The molecule has 78 valence electrons. The van der Waals surface area contributed by atoms with Crippen LogP contribution in [0.15, 0.2) is 0 Å². The van der Waals surface area contributed by atoms with Crippen LogP contribution >= 0.6 is 7.82 Å². The summed E-state index contributed by atoms with van der Waals surface area (Å²) >= 11 is 0. The summed E-state index contributed by atoms with van der Waals surface area (Å²) in [4.78, 5) is 0. The highest BCUT2D eigenvalue weighted by Gasteiger charge is 2.25. The van der Waals surface area contributed by atoms with E-state index in [9.17, 15) is 4.57 Å². The second-order valence-electron chi connectivity index (χ2n) is 2.95. The molecule has 0 aliphatic carbocycles. The highest BCUT2D eigenvalue weighted by molar-refractivity contribution is 7.48. The van der Waals surface area contributed by atoms with E-state index in [4.69, 9.17) is 13.6 Å². The third-order valence-electron chi connectivity index (χ3n) is 1.82. The molecule has 4 nitrogen and oxygen atoms in total. The van der Waals surface area contributed by atoms with Crippen LogP contribution < -0.4 is 0 Å². The summed E-state index contributed by atoms with van der Waals surface area (Å²) < 4.78 is 26.9. The fraction of sp³-hybridized carbons (Fsp3) is 1.00. The quantitative estimate of drug-likeness (QED) is 0.654. The van der Waals surface area contributed by atoms with E-state index in [0.717, 1.165) is 25.7 Å². The van der Waals surface area contributed by atoms with Gasteiger partial charge < -0.3 is 0 Å². The van der Waals surface area contributed by atoms with Crippen molar-refractivity contribution in [2.45, 2.75) is 32.6 Å². The fourth-order valence-corrected chi connectivity index (χ4v) is 2.43. The van der Waals surface area contributed by atoms with Crippen molar-refractivity contribution in [3.05, 3.63) is 0 Å². The largest absolute Gasteiger partial charge is 0.474 e. The van der Waals surface area contributed by atoms with Crippen molar-refractivity contribution >= 4 is 7.82 Å². The Morgan fingerprint density at radius 1 is 1.15 bits per heavy atom. The number of phosphoric ester groups is 1. The lowest BCUT2D eigenvalue weighted by Crippen LogP contribution is -2.00. The van der Waals surface area contributed by atoms with Gasteiger partial charge in [0.15, 0.2) is 0 Å². The number of rotatable bonds is 2. The first-order chi connectivity index (χ1) is 6.27. The Morgan fingerprint density at radius 2 is 1.69 bits per heavy atom. The van der Waals surface area contributed by atoms with Crippen LogP contribution in [0.5, 0.6) is 0 Å². The molecule has 0 unspecified atom stereocenters. The minimum absolute atomic E-state index is 0.358. The number of hydrogen-bond acceptors (Lipinski definition) is 4. The molecule has 0 N–H and O–H groups in total.